The summed E-state index contributed by atoms with van der Waals surface area (Å²) in [4.78, 5) is 2.19. The molecule has 0 fully saturated rings. The van der Waals surface area contributed by atoms with Crippen LogP contribution in [0, 0.1) is 0 Å². The highest BCUT2D eigenvalue weighted by Gasteiger charge is 2.24. The molecule has 0 bridgehead atoms. The molecular weight excluding hydrogens is 248 g/mol. The standard InChI is InChI=1S/C14H23ClN2O/c1-3-13(16)14(17(4-2)8-9-18)11-6-5-7-12(15)10-11/h5-7,10,13-14,18H,3-4,8-9,16H2,1-2H3. The van der Waals surface area contributed by atoms with Crippen LogP contribution < -0.4 is 5.73 Å². The molecule has 0 saturated heterocycles. The first kappa shape index (κ1) is 15.4. The van der Waals surface area contributed by atoms with Crippen LogP contribution in [0.15, 0.2) is 24.3 Å². The average molecular weight is 271 g/mol. The molecule has 3 N–H and O–H groups in total. The van der Waals surface area contributed by atoms with E-state index in [0.29, 0.717) is 6.54 Å². The van der Waals surface area contributed by atoms with E-state index in [4.69, 9.17) is 22.4 Å². The van der Waals surface area contributed by atoms with Gasteiger partial charge in [-0.25, -0.2) is 0 Å². The fraction of sp³-hybridized carbons (Fsp3) is 0.571. The summed E-state index contributed by atoms with van der Waals surface area (Å²) in [5, 5.41) is 9.89. The van der Waals surface area contributed by atoms with Gasteiger partial charge in [-0.2, -0.15) is 0 Å². The van der Waals surface area contributed by atoms with E-state index in [0.717, 1.165) is 23.6 Å². The Kier molecular flexibility index (Phi) is 6.65. The third kappa shape index (κ3) is 3.95. The SMILES string of the molecule is CCC(N)C(c1cccc(Cl)c1)N(CC)CCO. The van der Waals surface area contributed by atoms with Crippen LogP contribution in [-0.2, 0) is 0 Å². The van der Waals surface area contributed by atoms with Gasteiger partial charge in [0.05, 0.1) is 6.61 Å². The van der Waals surface area contributed by atoms with Crippen molar-refractivity contribution >= 4 is 11.6 Å². The van der Waals surface area contributed by atoms with E-state index >= 15 is 0 Å². The number of nitrogens with zero attached hydrogens (tertiary/aromatic N) is 1. The van der Waals surface area contributed by atoms with E-state index in [1.54, 1.807) is 0 Å². The van der Waals surface area contributed by atoms with Gasteiger partial charge in [0.1, 0.15) is 0 Å². The van der Waals surface area contributed by atoms with Gasteiger partial charge in [-0.1, -0.05) is 37.6 Å². The van der Waals surface area contributed by atoms with Crippen LogP contribution in [0.25, 0.3) is 0 Å². The van der Waals surface area contributed by atoms with Gasteiger partial charge < -0.3 is 10.8 Å². The Labute approximate surface area is 115 Å². The Bertz CT molecular complexity index is 359. The van der Waals surface area contributed by atoms with Crippen molar-refractivity contribution in [1.82, 2.24) is 4.90 Å². The van der Waals surface area contributed by atoms with E-state index < -0.39 is 0 Å². The second kappa shape index (κ2) is 7.74. The molecule has 1 aromatic carbocycles. The number of benzene rings is 1. The quantitative estimate of drug-likeness (QED) is 0.800. The van der Waals surface area contributed by atoms with Gasteiger partial charge in [-0.05, 0) is 30.7 Å². The molecule has 0 aliphatic heterocycles. The lowest BCUT2D eigenvalue weighted by Gasteiger charge is -2.34. The Morgan fingerprint density at radius 3 is 2.61 bits per heavy atom. The molecule has 0 amide bonds. The summed E-state index contributed by atoms with van der Waals surface area (Å²) in [6.07, 6.45) is 0.888. The maximum absolute atomic E-state index is 9.16. The fourth-order valence-electron chi connectivity index (χ4n) is 2.26. The molecule has 1 rings (SSSR count). The van der Waals surface area contributed by atoms with Crippen LogP contribution in [0.1, 0.15) is 31.9 Å². The van der Waals surface area contributed by atoms with Crippen LogP contribution in [0.3, 0.4) is 0 Å². The number of hydrogen-bond acceptors (Lipinski definition) is 3. The van der Waals surface area contributed by atoms with Gasteiger partial charge in [0, 0.05) is 23.7 Å². The van der Waals surface area contributed by atoms with Gasteiger partial charge >= 0.3 is 0 Å². The molecule has 3 nitrogen and oxygen atoms in total. The number of aliphatic hydroxyl groups excluding tert-OH is 1. The molecule has 0 radical (unpaired) electrons. The summed E-state index contributed by atoms with van der Waals surface area (Å²) in [7, 11) is 0. The summed E-state index contributed by atoms with van der Waals surface area (Å²) in [5.74, 6) is 0. The molecule has 2 unspecified atom stereocenters. The minimum atomic E-state index is 0.0370. The van der Waals surface area contributed by atoms with Gasteiger partial charge in [0.2, 0.25) is 0 Å². The van der Waals surface area contributed by atoms with E-state index in [1.165, 1.54) is 0 Å². The molecule has 1 aromatic rings. The van der Waals surface area contributed by atoms with Crippen LogP contribution in [0.5, 0.6) is 0 Å². The summed E-state index contributed by atoms with van der Waals surface area (Å²) < 4.78 is 0. The van der Waals surface area contributed by atoms with Gasteiger partial charge in [0.15, 0.2) is 0 Å². The van der Waals surface area contributed by atoms with E-state index in [2.05, 4.69) is 18.7 Å². The van der Waals surface area contributed by atoms with Crippen molar-refractivity contribution in [3.8, 4) is 0 Å². The highest BCUT2D eigenvalue weighted by atomic mass is 35.5. The number of aliphatic hydroxyl groups is 1. The molecule has 18 heavy (non-hydrogen) atoms. The molecule has 0 saturated carbocycles. The molecule has 0 aliphatic carbocycles. The monoisotopic (exact) mass is 270 g/mol. The normalized spacial score (nSPS) is 14.8. The second-order valence-electron chi connectivity index (χ2n) is 4.42. The second-order valence-corrected chi connectivity index (χ2v) is 4.86. The minimum Gasteiger partial charge on any atom is -0.395 e. The van der Waals surface area contributed by atoms with E-state index in [1.807, 2.05) is 24.3 Å². The third-order valence-electron chi connectivity index (χ3n) is 3.25. The molecule has 4 heteroatoms. The molecule has 0 aromatic heterocycles. The molecule has 0 spiro atoms. The molecular formula is C14H23ClN2O. The predicted octanol–water partition coefficient (Wildman–Crippen LogP) is 2.43. The van der Waals surface area contributed by atoms with Crippen molar-refractivity contribution < 1.29 is 5.11 Å². The summed E-state index contributed by atoms with van der Waals surface area (Å²) >= 11 is 6.05. The number of likely N-dealkylation sites (N-methyl/N-ethyl adjacent to an activating group) is 1. The van der Waals surface area contributed by atoms with Crippen LogP contribution in [0.4, 0.5) is 0 Å². The van der Waals surface area contributed by atoms with Crippen LogP contribution >= 0.6 is 11.6 Å². The summed E-state index contributed by atoms with van der Waals surface area (Å²) in [5.41, 5.74) is 7.36. The van der Waals surface area contributed by atoms with E-state index in [-0.39, 0.29) is 18.7 Å². The Morgan fingerprint density at radius 2 is 2.11 bits per heavy atom. The highest BCUT2D eigenvalue weighted by Crippen LogP contribution is 2.26. The minimum absolute atomic E-state index is 0.0370. The number of hydrogen-bond donors (Lipinski definition) is 2. The van der Waals surface area contributed by atoms with Gasteiger partial charge in [0.25, 0.3) is 0 Å². The average Bonchev–Trinajstić information content (AvgIpc) is 2.37. The van der Waals surface area contributed by atoms with Crippen molar-refractivity contribution in [3.63, 3.8) is 0 Å². The first-order valence-electron chi connectivity index (χ1n) is 6.50. The molecule has 0 heterocycles. The van der Waals surface area contributed by atoms with Crippen molar-refractivity contribution in [3.05, 3.63) is 34.9 Å². The summed E-state index contributed by atoms with van der Waals surface area (Å²) in [6.45, 7) is 5.78. The smallest absolute Gasteiger partial charge is 0.0558 e. The molecule has 0 aliphatic rings. The number of nitrogens with two attached hydrogens (primary N) is 1. The first-order chi connectivity index (χ1) is 8.63. The lowest BCUT2D eigenvalue weighted by atomic mass is 9.96. The maximum Gasteiger partial charge on any atom is 0.0558 e. The summed E-state index contributed by atoms with van der Waals surface area (Å²) in [6, 6.07) is 7.95. The lowest BCUT2D eigenvalue weighted by molar-refractivity contribution is 0.138. The highest BCUT2D eigenvalue weighted by molar-refractivity contribution is 6.30. The zero-order valence-corrected chi connectivity index (χ0v) is 11.9. The number of halogens is 1. The Morgan fingerprint density at radius 1 is 1.39 bits per heavy atom. The zero-order chi connectivity index (χ0) is 13.5. The molecule has 102 valence electrons. The van der Waals surface area contributed by atoms with Crippen molar-refractivity contribution in [2.75, 3.05) is 19.7 Å². The van der Waals surface area contributed by atoms with Crippen molar-refractivity contribution in [1.29, 1.82) is 0 Å². The topological polar surface area (TPSA) is 49.5 Å². The Balaban J connectivity index is 3.03. The zero-order valence-electron chi connectivity index (χ0n) is 11.1. The largest absolute Gasteiger partial charge is 0.395 e. The lowest BCUT2D eigenvalue weighted by Crippen LogP contribution is -2.42. The van der Waals surface area contributed by atoms with Crippen molar-refractivity contribution in [2.45, 2.75) is 32.4 Å². The van der Waals surface area contributed by atoms with Gasteiger partial charge in [-0.3, -0.25) is 4.90 Å². The molecule has 2 atom stereocenters. The first-order valence-corrected chi connectivity index (χ1v) is 6.87. The van der Waals surface area contributed by atoms with Crippen LogP contribution in [-0.4, -0.2) is 35.7 Å². The maximum atomic E-state index is 9.16. The number of rotatable bonds is 7. The van der Waals surface area contributed by atoms with Gasteiger partial charge in [-0.15, -0.1) is 0 Å². The van der Waals surface area contributed by atoms with Crippen molar-refractivity contribution in [2.24, 2.45) is 5.73 Å². The van der Waals surface area contributed by atoms with Crippen LogP contribution in [0.2, 0.25) is 5.02 Å². The third-order valence-corrected chi connectivity index (χ3v) is 3.49. The van der Waals surface area contributed by atoms with E-state index in [9.17, 15) is 0 Å². The Hall–Kier alpha value is -0.610. The predicted molar refractivity (Wildman–Crippen MR) is 76.8 cm³/mol. The fourth-order valence-corrected chi connectivity index (χ4v) is 2.46.